The van der Waals surface area contributed by atoms with Gasteiger partial charge in [0.2, 0.25) is 0 Å². The Kier molecular flexibility index (Phi) is 3.40. The van der Waals surface area contributed by atoms with Crippen molar-refractivity contribution < 1.29 is 8.42 Å². The third-order valence-corrected chi connectivity index (χ3v) is 4.10. The molecular formula is C12H18N2O2S. The van der Waals surface area contributed by atoms with E-state index >= 15 is 0 Å². The van der Waals surface area contributed by atoms with Gasteiger partial charge in [0.15, 0.2) is 0 Å². The van der Waals surface area contributed by atoms with Crippen LogP contribution < -0.4 is 5.73 Å². The average Bonchev–Trinajstić information content (AvgIpc) is 2.60. The van der Waals surface area contributed by atoms with E-state index in [9.17, 15) is 8.42 Å². The van der Waals surface area contributed by atoms with E-state index in [4.69, 9.17) is 5.73 Å². The first-order valence-electron chi connectivity index (χ1n) is 5.72. The Morgan fingerprint density at radius 3 is 2.76 bits per heavy atom. The lowest BCUT2D eigenvalue weighted by Crippen LogP contribution is -2.20. The summed E-state index contributed by atoms with van der Waals surface area (Å²) >= 11 is 0. The molecule has 5 heteroatoms. The number of hydrogen-bond acceptors (Lipinski definition) is 4. The molecule has 0 saturated heterocycles. The lowest BCUT2D eigenvalue weighted by molar-refractivity contribution is 0.285. The van der Waals surface area contributed by atoms with Crippen molar-refractivity contribution in [3.63, 3.8) is 0 Å². The second-order valence-corrected chi connectivity index (χ2v) is 6.94. The monoisotopic (exact) mass is 254 g/mol. The molecule has 1 aromatic rings. The maximum Gasteiger partial charge on any atom is 0.147 e. The highest BCUT2D eigenvalue weighted by Crippen LogP contribution is 2.27. The Hall–Kier alpha value is -1.07. The van der Waals surface area contributed by atoms with Crippen LogP contribution in [0.4, 0.5) is 5.69 Å². The molecule has 0 aliphatic carbocycles. The molecule has 2 rings (SSSR count). The minimum absolute atomic E-state index is 0.259. The third-order valence-electron chi connectivity index (χ3n) is 3.07. The zero-order valence-electron chi connectivity index (χ0n) is 10.0. The maximum absolute atomic E-state index is 11.0. The van der Waals surface area contributed by atoms with Gasteiger partial charge in [-0.05, 0) is 30.2 Å². The van der Waals surface area contributed by atoms with E-state index in [1.165, 1.54) is 17.4 Å². The summed E-state index contributed by atoms with van der Waals surface area (Å²) in [5.74, 6) is 0.259. The van der Waals surface area contributed by atoms with Crippen molar-refractivity contribution in [2.45, 2.75) is 19.5 Å². The van der Waals surface area contributed by atoms with E-state index in [-0.39, 0.29) is 5.75 Å². The fourth-order valence-electron chi connectivity index (χ4n) is 2.22. The summed E-state index contributed by atoms with van der Waals surface area (Å²) in [4.78, 5) is 2.24. The molecule has 0 aromatic heterocycles. The summed E-state index contributed by atoms with van der Waals surface area (Å²) in [6, 6.07) is 5.97. The van der Waals surface area contributed by atoms with E-state index < -0.39 is 9.84 Å². The Labute approximate surface area is 102 Å². The van der Waals surface area contributed by atoms with Gasteiger partial charge >= 0.3 is 0 Å². The number of anilines is 1. The Morgan fingerprint density at radius 2 is 2.12 bits per heavy atom. The number of nitrogens with two attached hydrogens (primary N) is 1. The highest BCUT2D eigenvalue weighted by atomic mass is 32.2. The van der Waals surface area contributed by atoms with E-state index in [0.29, 0.717) is 6.42 Å². The molecule has 17 heavy (non-hydrogen) atoms. The zero-order chi connectivity index (χ0) is 12.5. The molecule has 0 unspecified atom stereocenters. The maximum atomic E-state index is 11.0. The average molecular weight is 254 g/mol. The summed E-state index contributed by atoms with van der Waals surface area (Å²) in [6.45, 7) is 2.52. The van der Waals surface area contributed by atoms with Gasteiger partial charge in [-0.25, -0.2) is 8.42 Å². The first kappa shape index (κ1) is 12.4. The molecule has 0 fully saturated rings. The van der Waals surface area contributed by atoms with Gasteiger partial charge in [0, 0.05) is 25.0 Å². The fraction of sp³-hybridized carbons (Fsp3) is 0.500. The van der Waals surface area contributed by atoms with Crippen LogP contribution in [0.5, 0.6) is 0 Å². The Bertz CT molecular complexity index is 511. The highest BCUT2D eigenvalue weighted by Gasteiger charge is 2.20. The smallest absolute Gasteiger partial charge is 0.147 e. The normalized spacial score (nSPS) is 16.1. The van der Waals surface area contributed by atoms with Crippen molar-refractivity contribution in [3.8, 4) is 0 Å². The second-order valence-electron chi connectivity index (χ2n) is 4.68. The summed E-state index contributed by atoms with van der Waals surface area (Å²) in [7, 11) is -2.84. The van der Waals surface area contributed by atoms with Crippen molar-refractivity contribution in [2.24, 2.45) is 0 Å². The molecule has 0 atom stereocenters. The molecular weight excluding hydrogens is 236 g/mol. The number of rotatable bonds is 4. The van der Waals surface area contributed by atoms with Crippen molar-refractivity contribution in [1.82, 2.24) is 4.90 Å². The quantitative estimate of drug-likeness (QED) is 0.815. The van der Waals surface area contributed by atoms with E-state index in [1.54, 1.807) is 0 Å². The number of sulfone groups is 1. The van der Waals surface area contributed by atoms with E-state index in [0.717, 1.165) is 25.3 Å². The van der Waals surface area contributed by atoms with Crippen LogP contribution in [0, 0.1) is 0 Å². The van der Waals surface area contributed by atoms with Crippen LogP contribution in [0.15, 0.2) is 18.2 Å². The molecule has 1 heterocycles. The van der Waals surface area contributed by atoms with Crippen LogP contribution in [-0.2, 0) is 22.9 Å². The SMILES string of the molecule is CS(=O)(=O)CCCN1Cc2cccc(N)c2C1. The van der Waals surface area contributed by atoms with Gasteiger partial charge in [0.05, 0.1) is 5.75 Å². The molecule has 1 aromatic carbocycles. The standard InChI is InChI=1S/C12H18N2O2S/c1-17(15,16)7-3-6-14-8-10-4-2-5-12(13)11(10)9-14/h2,4-5H,3,6-9,13H2,1H3. The van der Waals surface area contributed by atoms with Gasteiger partial charge in [0.25, 0.3) is 0 Å². The molecule has 0 spiro atoms. The predicted octanol–water partition coefficient (Wildman–Crippen LogP) is 1.02. The van der Waals surface area contributed by atoms with E-state index in [1.807, 2.05) is 12.1 Å². The van der Waals surface area contributed by atoms with Gasteiger partial charge in [-0.1, -0.05) is 12.1 Å². The minimum Gasteiger partial charge on any atom is -0.398 e. The topological polar surface area (TPSA) is 63.4 Å². The van der Waals surface area contributed by atoms with Crippen molar-refractivity contribution in [2.75, 3.05) is 24.3 Å². The number of nitrogen functional groups attached to an aromatic ring is 1. The summed E-state index contributed by atoms with van der Waals surface area (Å²) in [6.07, 6.45) is 1.97. The van der Waals surface area contributed by atoms with Crippen molar-refractivity contribution in [3.05, 3.63) is 29.3 Å². The van der Waals surface area contributed by atoms with Crippen LogP contribution in [0.3, 0.4) is 0 Å². The second kappa shape index (κ2) is 4.66. The lowest BCUT2D eigenvalue weighted by atomic mass is 10.1. The van der Waals surface area contributed by atoms with Crippen LogP contribution in [0.2, 0.25) is 0 Å². The summed E-state index contributed by atoms with van der Waals surface area (Å²) in [5.41, 5.74) is 9.22. The molecule has 0 saturated carbocycles. The van der Waals surface area contributed by atoms with E-state index in [2.05, 4.69) is 11.0 Å². The van der Waals surface area contributed by atoms with Crippen LogP contribution in [0.1, 0.15) is 17.5 Å². The zero-order valence-corrected chi connectivity index (χ0v) is 10.8. The fourth-order valence-corrected chi connectivity index (χ4v) is 2.88. The van der Waals surface area contributed by atoms with Crippen molar-refractivity contribution in [1.29, 1.82) is 0 Å². The highest BCUT2D eigenvalue weighted by molar-refractivity contribution is 7.90. The largest absolute Gasteiger partial charge is 0.398 e. The number of hydrogen-bond donors (Lipinski definition) is 1. The molecule has 2 N–H and O–H groups in total. The van der Waals surface area contributed by atoms with Crippen LogP contribution in [-0.4, -0.2) is 31.9 Å². The summed E-state index contributed by atoms with van der Waals surface area (Å²) in [5, 5.41) is 0. The summed E-state index contributed by atoms with van der Waals surface area (Å²) < 4.78 is 22.1. The molecule has 4 nitrogen and oxygen atoms in total. The molecule has 1 aliphatic heterocycles. The van der Waals surface area contributed by atoms with Crippen LogP contribution in [0.25, 0.3) is 0 Å². The molecule has 0 radical (unpaired) electrons. The predicted molar refractivity (Wildman–Crippen MR) is 69.3 cm³/mol. The van der Waals surface area contributed by atoms with Crippen LogP contribution >= 0.6 is 0 Å². The first-order chi connectivity index (χ1) is 7.96. The van der Waals surface area contributed by atoms with Gasteiger partial charge in [-0.3, -0.25) is 4.90 Å². The van der Waals surface area contributed by atoms with Gasteiger partial charge in [-0.15, -0.1) is 0 Å². The lowest BCUT2D eigenvalue weighted by Gasteiger charge is -2.13. The number of benzene rings is 1. The minimum atomic E-state index is -2.84. The van der Waals surface area contributed by atoms with Gasteiger partial charge in [-0.2, -0.15) is 0 Å². The number of fused-ring (bicyclic) bond motifs is 1. The van der Waals surface area contributed by atoms with Crippen molar-refractivity contribution >= 4 is 15.5 Å². The Balaban J connectivity index is 1.91. The molecule has 0 bridgehead atoms. The molecule has 1 aliphatic rings. The van der Waals surface area contributed by atoms with Gasteiger partial charge in [0.1, 0.15) is 9.84 Å². The molecule has 94 valence electrons. The Morgan fingerprint density at radius 1 is 1.35 bits per heavy atom. The number of nitrogens with zero attached hydrogens (tertiary/aromatic N) is 1. The molecule has 0 amide bonds. The first-order valence-corrected chi connectivity index (χ1v) is 7.78. The third kappa shape index (κ3) is 3.20. The van der Waals surface area contributed by atoms with Gasteiger partial charge < -0.3 is 5.73 Å².